The van der Waals surface area contributed by atoms with E-state index < -0.39 is 0 Å². The van der Waals surface area contributed by atoms with Gasteiger partial charge in [0.2, 0.25) is 0 Å². The Labute approximate surface area is 99.2 Å². The molecule has 0 aromatic carbocycles. The van der Waals surface area contributed by atoms with Gasteiger partial charge in [0.15, 0.2) is 0 Å². The van der Waals surface area contributed by atoms with E-state index in [1.165, 1.54) is 17.9 Å². The van der Waals surface area contributed by atoms with Crippen molar-refractivity contribution in [2.75, 3.05) is 36.4 Å². The van der Waals surface area contributed by atoms with Gasteiger partial charge >= 0.3 is 5.40 Å². The van der Waals surface area contributed by atoms with Crippen LogP contribution in [0, 0.1) is 0 Å². The zero-order valence-corrected chi connectivity index (χ0v) is 10.7. The van der Waals surface area contributed by atoms with Crippen LogP contribution < -0.4 is 0 Å². The fraction of sp³-hybridized carbons (Fsp3) is 1.00. The van der Waals surface area contributed by atoms with Crippen LogP contribution >= 0.6 is 46.4 Å². The molecule has 0 aliphatic carbocycles. The maximum atomic E-state index is 5.75. The first-order valence-electron chi connectivity index (χ1n) is 4.47. The molecule has 0 radical (unpaired) electrons. The number of rotatable bonds is 5. The van der Waals surface area contributed by atoms with E-state index >= 15 is 0 Å². The predicted octanol–water partition coefficient (Wildman–Crippen LogP) is 2.62. The van der Waals surface area contributed by atoms with Crippen LogP contribution in [0.15, 0.2) is 0 Å². The van der Waals surface area contributed by atoms with Crippen molar-refractivity contribution in [1.29, 1.82) is 0 Å². The molecule has 1 heterocycles. The fourth-order valence-electron chi connectivity index (χ4n) is 1.23. The van der Waals surface area contributed by atoms with Gasteiger partial charge in [-0.2, -0.15) is 23.2 Å². The van der Waals surface area contributed by atoms with Gasteiger partial charge in [-0.1, -0.05) is 0 Å². The largest absolute Gasteiger partial charge is 0.361 e. The third-order valence-electron chi connectivity index (χ3n) is 1.85. The molecule has 1 fully saturated rings. The van der Waals surface area contributed by atoms with E-state index in [4.69, 9.17) is 23.2 Å². The summed E-state index contributed by atoms with van der Waals surface area (Å²) >= 11 is 15.5. The van der Waals surface area contributed by atoms with Crippen molar-refractivity contribution in [1.82, 2.24) is 4.81 Å². The van der Waals surface area contributed by atoms with Gasteiger partial charge in [0.25, 0.3) is 0 Å². The number of hydrogen-bond acceptors (Lipinski definition) is 3. The lowest BCUT2D eigenvalue weighted by atomic mass is 10.2. The Kier molecular flexibility index (Phi) is 7.21. The quantitative estimate of drug-likeness (QED) is 0.551. The van der Waals surface area contributed by atoms with Crippen LogP contribution in [-0.2, 0) is 0 Å². The molecule has 1 aliphatic rings. The van der Waals surface area contributed by atoms with Gasteiger partial charge in [0.1, 0.15) is 0 Å². The van der Waals surface area contributed by atoms with E-state index in [9.17, 15) is 0 Å². The van der Waals surface area contributed by atoms with Crippen LogP contribution in [0.2, 0.25) is 0 Å². The van der Waals surface area contributed by atoms with Gasteiger partial charge in [-0.05, 0) is 17.9 Å². The van der Waals surface area contributed by atoms with Crippen molar-refractivity contribution in [3.63, 3.8) is 0 Å². The first kappa shape index (κ1) is 12.4. The lowest BCUT2D eigenvalue weighted by Gasteiger charge is -2.29. The molecule has 0 spiro atoms. The Morgan fingerprint density at radius 1 is 1.08 bits per heavy atom. The normalized spacial score (nSPS) is 18.2. The molecule has 6 heteroatoms. The third kappa shape index (κ3) is 4.56. The smallest absolute Gasteiger partial charge is 0.321 e. The zero-order valence-electron chi connectivity index (χ0n) is 7.55. The highest BCUT2D eigenvalue weighted by molar-refractivity contribution is 8.54. The standard InChI is InChI=1S/C7H14BCl2NS2/c9-2-4-11(5-3-10)8-12-6-1-7-13-8/h1-7H2. The average molecular weight is 258 g/mol. The molecule has 1 aliphatic heterocycles. The van der Waals surface area contributed by atoms with E-state index in [2.05, 4.69) is 4.81 Å². The lowest BCUT2D eigenvalue weighted by molar-refractivity contribution is 0.504. The number of hydrogen-bond donors (Lipinski definition) is 0. The minimum atomic E-state index is 0.589. The summed E-state index contributed by atoms with van der Waals surface area (Å²) in [5, 5.41) is 0.589. The maximum absolute atomic E-state index is 5.75. The Morgan fingerprint density at radius 3 is 2.08 bits per heavy atom. The highest BCUT2D eigenvalue weighted by atomic mass is 35.5. The van der Waals surface area contributed by atoms with Crippen LogP contribution in [0.25, 0.3) is 0 Å². The first-order valence-corrected chi connectivity index (χ1v) is 7.64. The number of halogens is 2. The minimum Gasteiger partial charge on any atom is -0.321 e. The van der Waals surface area contributed by atoms with Crippen LogP contribution in [-0.4, -0.2) is 46.6 Å². The molecular formula is C7H14BCl2NS2. The summed E-state index contributed by atoms with van der Waals surface area (Å²) in [7, 11) is 0. The molecule has 0 N–H and O–H groups in total. The summed E-state index contributed by atoms with van der Waals surface area (Å²) in [5.41, 5.74) is 0. The molecule has 0 saturated carbocycles. The molecule has 13 heavy (non-hydrogen) atoms. The van der Waals surface area contributed by atoms with Crippen molar-refractivity contribution in [2.45, 2.75) is 6.42 Å². The van der Waals surface area contributed by atoms with Crippen LogP contribution in [0.5, 0.6) is 0 Å². The Morgan fingerprint density at radius 2 is 1.62 bits per heavy atom. The molecule has 1 saturated heterocycles. The van der Waals surface area contributed by atoms with Crippen LogP contribution in [0.4, 0.5) is 0 Å². The first-order chi connectivity index (χ1) is 6.38. The van der Waals surface area contributed by atoms with E-state index in [1.54, 1.807) is 0 Å². The Bertz CT molecular complexity index is 130. The summed E-state index contributed by atoms with van der Waals surface area (Å²) in [5.74, 6) is 3.96. The van der Waals surface area contributed by atoms with E-state index in [1.807, 2.05) is 23.2 Å². The summed E-state index contributed by atoms with van der Waals surface area (Å²) in [6.07, 6.45) is 1.33. The predicted molar refractivity (Wildman–Crippen MR) is 68.3 cm³/mol. The van der Waals surface area contributed by atoms with Crippen molar-refractivity contribution in [2.24, 2.45) is 0 Å². The molecule has 0 amide bonds. The van der Waals surface area contributed by atoms with Crippen LogP contribution in [0.1, 0.15) is 6.42 Å². The summed E-state index contributed by atoms with van der Waals surface area (Å²) in [6.45, 7) is 1.91. The molecule has 76 valence electrons. The second-order valence-corrected chi connectivity index (χ2v) is 6.25. The third-order valence-corrected chi connectivity index (χ3v) is 5.22. The summed E-state index contributed by atoms with van der Waals surface area (Å²) < 4.78 is 0. The zero-order chi connectivity index (χ0) is 9.52. The molecule has 0 bridgehead atoms. The molecule has 0 aromatic heterocycles. The van der Waals surface area contributed by atoms with E-state index in [0.29, 0.717) is 17.2 Å². The van der Waals surface area contributed by atoms with Crippen molar-refractivity contribution >= 4 is 51.8 Å². The lowest BCUT2D eigenvalue weighted by Crippen LogP contribution is -2.39. The maximum Gasteiger partial charge on any atom is 0.361 e. The second-order valence-electron chi connectivity index (χ2n) is 2.82. The number of nitrogens with zero attached hydrogens (tertiary/aromatic N) is 1. The Balaban J connectivity index is 2.32. The number of alkyl halides is 2. The fourth-order valence-corrected chi connectivity index (χ4v) is 4.67. The molecule has 0 aromatic rings. The van der Waals surface area contributed by atoms with Crippen LogP contribution in [0.3, 0.4) is 0 Å². The molecule has 0 atom stereocenters. The average Bonchev–Trinajstić information content (AvgIpc) is 2.19. The molecule has 0 unspecified atom stereocenters. The van der Waals surface area contributed by atoms with E-state index in [0.717, 1.165) is 13.1 Å². The van der Waals surface area contributed by atoms with Gasteiger partial charge < -0.3 is 4.81 Å². The van der Waals surface area contributed by atoms with E-state index in [-0.39, 0.29) is 0 Å². The molecule has 1 rings (SSSR count). The van der Waals surface area contributed by atoms with Gasteiger partial charge in [0.05, 0.1) is 0 Å². The summed E-state index contributed by atoms with van der Waals surface area (Å²) in [6, 6.07) is 0. The van der Waals surface area contributed by atoms with Crippen molar-refractivity contribution < 1.29 is 0 Å². The van der Waals surface area contributed by atoms with Gasteiger partial charge in [0, 0.05) is 24.8 Å². The Hall–Kier alpha value is 1.30. The summed E-state index contributed by atoms with van der Waals surface area (Å²) in [4.78, 5) is 2.38. The monoisotopic (exact) mass is 257 g/mol. The molecular weight excluding hydrogens is 244 g/mol. The van der Waals surface area contributed by atoms with Gasteiger partial charge in [-0.3, -0.25) is 0 Å². The van der Waals surface area contributed by atoms with Gasteiger partial charge in [-0.15, -0.1) is 23.2 Å². The topological polar surface area (TPSA) is 3.24 Å². The molecule has 1 nitrogen and oxygen atoms in total. The van der Waals surface area contributed by atoms with Gasteiger partial charge in [-0.25, -0.2) is 0 Å². The highest BCUT2D eigenvalue weighted by Gasteiger charge is 2.26. The van der Waals surface area contributed by atoms with Crippen molar-refractivity contribution in [3.05, 3.63) is 0 Å². The second kappa shape index (κ2) is 7.58. The minimum absolute atomic E-state index is 0.589. The van der Waals surface area contributed by atoms with Crippen molar-refractivity contribution in [3.8, 4) is 0 Å². The highest BCUT2D eigenvalue weighted by Crippen LogP contribution is 2.29. The SMILES string of the molecule is ClCCN(CCCl)B1SCCCS1.